The van der Waals surface area contributed by atoms with E-state index in [1.807, 2.05) is 6.92 Å². The van der Waals surface area contributed by atoms with Gasteiger partial charge in [0.05, 0.1) is 6.54 Å². The van der Waals surface area contributed by atoms with E-state index in [4.69, 9.17) is 0 Å². The highest BCUT2D eigenvalue weighted by molar-refractivity contribution is 6.04. The molecule has 0 aromatic carbocycles. The van der Waals surface area contributed by atoms with Gasteiger partial charge in [-0.25, -0.2) is 0 Å². The second-order valence-corrected chi connectivity index (χ2v) is 2.82. The van der Waals surface area contributed by atoms with Gasteiger partial charge in [-0.3, -0.25) is 14.5 Å². The Bertz CT molecular complexity index is 224. The summed E-state index contributed by atoms with van der Waals surface area (Å²) in [6.07, 6.45) is 1.51. The molecule has 0 aromatic rings. The Morgan fingerprint density at radius 1 is 1.58 bits per heavy atom. The van der Waals surface area contributed by atoms with Crippen molar-refractivity contribution in [3.63, 3.8) is 0 Å². The number of hydrogen-bond donors (Lipinski definition) is 0. The molecule has 0 aliphatic carbocycles. The number of nitrogens with zero attached hydrogens (tertiary/aromatic N) is 1. The van der Waals surface area contributed by atoms with Crippen molar-refractivity contribution in [3.05, 3.63) is 0 Å². The molecular formula is C8H11NO3. The highest BCUT2D eigenvalue weighted by Crippen LogP contribution is 2.21. The zero-order valence-corrected chi connectivity index (χ0v) is 6.95. The van der Waals surface area contributed by atoms with Crippen LogP contribution >= 0.6 is 0 Å². The van der Waals surface area contributed by atoms with Crippen LogP contribution in [0.2, 0.25) is 0 Å². The minimum atomic E-state index is -0.223. The second-order valence-electron chi connectivity index (χ2n) is 2.82. The fourth-order valence-electron chi connectivity index (χ4n) is 1.34. The molecule has 0 N–H and O–H groups in total. The van der Waals surface area contributed by atoms with E-state index in [9.17, 15) is 14.4 Å². The number of aldehydes is 1. The first-order valence-electron chi connectivity index (χ1n) is 3.98. The monoisotopic (exact) mass is 169 g/mol. The van der Waals surface area contributed by atoms with Crippen LogP contribution in [0.15, 0.2) is 0 Å². The van der Waals surface area contributed by atoms with Crippen molar-refractivity contribution in [2.24, 2.45) is 5.92 Å². The van der Waals surface area contributed by atoms with Crippen LogP contribution in [0, 0.1) is 5.92 Å². The van der Waals surface area contributed by atoms with E-state index in [2.05, 4.69) is 0 Å². The van der Waals surface area contributed by atoms with Crippen LogP contribution in [0.3, 0.4) is 0 Å². The lowest BCUT2D eigenvalue weighted by Gasteiger charge is -2.09. The molecule has 0 saturated carbocycles. The molecule has 1 heterocycles. The van der Waals surface area contributed by atoms with Gasteiger partial charge in [-0.1, -0.05) is 6.92 Å². The minimum Gasteiger partial charge on any atom is -0.301 e. The molecule has 1 aliphatic rings. The number of imide groups is 1. The Kier molecular flexibility index (Phi) is 2.58. The van der Waals surface area contributed by atoms with Gasteiger partial charge in [0.25, 0.3) is 0 Å². The second kappa shape index (κ2) is 3.47. The molecule has 1 rings (SSSR count). The van der Waals surface area contributed by atoms with Crippen molar-refractivity contribution in [3.8, 4) is 0 Å². The van der Waals surface area contributed by atoms with Gasteiger partial charge < -0.3 is 4.79 Å². The predicted molar refractivity (Wildman–Crippen MR) is 41.2 cm³/mol. The van der Waals surface area contributed by atoms with Crippen molar-refractivity contribution >= 4 is 18.1 Å². The minimum absolute atomic E-state index is 0.0891. The summed E-state index contributed by atoms with van der Waals surface area (Å²) < 4.78 is 0. The third-order valence-electron chi connectivity index (χ3n) is 2.09. The molecular weight excluding hydrogens is 158 g/mol. The number of carbonyl (C=O) groups is 3. The lowest BCUT2D eigenvalue weighted by Crippen LogP contribution is -2.32. The van der Waals surface area contributed by atoms with Crippen molar-refractivity contribution in [2.75, 3.05) is 6.54 Å². The Morgan fingerprint density at radius 3 is 2.67 bits per heavy atom. The first-order chi connectivity index (χ1) is 5.70. The Labute approximate surface area is 70.5 Å². The molecule has 66 valence electrons. The van der Waals surface area contributed by atoms with Crippen LogP contribution in [0.4, 0.5) is 0 Å². The number of carbonyl (C=O) groups excluding carboxylic acids is 3. The van der Waals surface area contributed by atoms with Crippen LogP contribution < -0.4 is 0 Å². The third-order valence-corrected chi connectivity index (χ3v) is 2.09. The maximum absolute atomic E-state index is 11.3. The summed E-state index contributed by atoms with van der Waals surface area (Å²) in [5, 5.41) is 0. The van der Waals surface area contributed by atoms with Gasteiger partial charge >= 0.3 is 0 Å². The molecule has 1 saturated heterocycles. The molecule has 0 spiro atoms. The molecule has 12 heavy (non-hydrogen) atoms. The maximum atomic E-state index is 11.3. The van der Waals surface area contributed by atoms with Gasteiger partial charge in [-0.15, -0.1) is 0 Å². The van der Waals surface area contributed by atoms with E-state index in [0.717, 1.165) is 4.90 Å². The highest BCUT2D eigenvalue weighted by atomic mass is 16.2. The molecule has 1 atom stereocenters. The zero-order valence-electron chi connectivity index (χ0n) is 6.95. The topological polar surface area (TPSA) is 54.5 Å². The van der Waals surface area contributed by atoms with E-state index in [0.29, 0.717) is 12.7 Å². The van der Waals surface area contributed by atoms with Gasteiger partial charge in [0.15, 0.2) is 0 Å². The Balaban J connectivity index is 2.70. The molecule has 0 aromatic heterocycles. The smallest absolute Gasteiger partial charge is 0.233 e. The fourth-order valence-corrected chi connectivity index (χ4v) is 1.34. The van der Waals surface area contributed by atoms with E-state index in [1.54, 1.807) is 0 Å². The molecule has 0 radical (unpaired) electrons. The first-order valence-corrected chi connectivity index (χ1v) is 3.98. The Morgan fingerprint density at radius 2 is 2.25 bits per heavy atom. The first kappa shape index (κ1) is 8.90. The molecule has 1 unspecified atom stereocenters. The molecule has 4 nitrogen and oxygen atoms in total. The van der Waals surface area contributed by atoms with Gasteiger partial charge in [0.1, 0.15) is 6.29 Å². The van der Waals surface area contributed by atoms with Gasteiger partial charge in [0.2, 0.25) is 11.8 Å². The standard InChI is InChI=1S/C8H11NO3/c1-2-6-5-7(11)9(3-4-10)8(6)12/h4,6H,2-3,5H2,1H3. The summed E-state index contributed by atoms with van der Waals surface area (Å²) in [7, 11) is 0. The van der Waals surface area contributed by atoms with Crippen molar-refractivity contribution in [1.82, 2.24) is 4.90 Å². The van der Waals surface area contributed by atoms with Crippen LogP contribution in [-0.4, -0.2) is 29.5 Å². The van der Waals surface area contributed by atoms with Crippen LogP contribution in [0.5, 0.6) is 0 Å². The van der Waals surface area contributed by atoms with E-state index >= 15 is 0 Å². The van der Waals surface area contributed by atoms with Gasteiger partial charge in [-0.05, 0) is 6.42 Å². The largest absolute Gasteiger partial charge is 0.301 e. The van der Waals surface area contributed by atoms with Gasteiger partial charge in [-0.2, -0.15) is 0 Å². The van der Waals surface area contributed by atoms with Crippen LogP contribution in [0.25, 0.3) is 0 Å². The summed E-state index contributed by atoms with van der Waals surface area (Å²) >= 11 is 0. The number of amides is 2. The summed E-state index contributed by atoms with van der Waals surface area (Å²) in [5.74, 6) is -0.619. The SMILES string of the molecule is CCC1CC(=O)N(CC=O)C1=O. The zero-order chi connectivity index (χ0) is 9.14. The average molecular weight is 169 g/mol. The average Bonchev–Trinajstić information content (AvgIpc) is 2.32. The quantitative estimate of drug-likeness (QED) is 0.440. The maximum Gasteiger partial charge on any atom is 0.233 e. The van der Waals surface area contributed by atoms with Crippen LogP contribution in [0.1, 0.15) is 19.8 Å². The number of rotatable bonds is 3. The summed E-state index contributed by atoms with van der Waals surface area (Å²) in [4.78, 5) is 33.5. The Hall–Kier alpha value is -1.19. The fraction of sp³-hybridized carbons (Fsp3) is 0.625. The predicted octanol–water partition coefficient (Wildman–Crippen LogP) is -0.0296. The summed E-state index contributed by atoms with van der Waals surface area (Å²) in [5.41, 5.74) is 0. The molecule has 2 amide bonds. The number of hydrogen-bond acceptors (Lipinski definition) is 3. The lowest BCUT2D eigenvalue weighted by molar-refractivity contribution is -0.140. The summed E-state index contributed by atoms with van der Waals surface area (Å²) in [6.45, 7) is 1.77. The van der Waals surface area contributed by atoms with Gasteiger partial charge in [0, 0.05) is 12.3 Å². The molecule has 1 aliphatic heterocycles. The van der Waals surface area contributed by atoms with E-state index in [-0.39, 0.29) is 30.7 Å². The molecule has 4 heteroatoms. The highest BCUT2D eigenvalue weighted by Gasteiger charge is 2.36. The summed E-state index contributed by atoms with van der Waals surface area (Å²) in [6, 6.07) is 0. The van der Waals surface area contributed by atoms with Crippen molar-refractivity contribution < 1.29 is 14.4 Å². The van der Waals surface area contributed by atoms with Crippen LogP contribution in [-0.2, 0) is 14.4 Å². The third kappa shape index (κ3) is 1.37. The molecule has 1 fully saturated rings. The van der Waals surface area contributed by atoms with E-state index in [1.165, 1.54) is 0 Å². The molecule has 0 bridgehead atoms. The van der Waals surface area contributed by atoms with E-state index < -0.39 is 0 Å². The number of likely N-dealkylation sites (tertiary alicyclic amines) is 1. The van der Waals surface area contributed by atoms with Crippen molar-refractivity contribution in [2.45, 2.75) is 19.8 Å². The normalized spacial score (nSPS) is 23.4. The van der Waals surface area contributed by atoms with Crippen molar-refractivity contribution in [1.29, 1.82) is 0 Å². The lowest BCUT2D eigenvalue weighted by atomic mass is 10.1.